The van der Waals surface area contributed by atoms with Crippen LogP contribution in [0.4, 0.5) is 0 Å². The number of hydrogen-bond donors (Lipinski definition) is 1. The van der Waals surface area contributed by atoms with Gasteiger partial charge in [0.15, 0.2) is 0 Å². The highest BCUT2D eigenvalue weighted by Gasteiger charge is 2.26. The lowest BCUT2D eigenvalue weighted by molar-refractivity contribution is 0.214. The summed E-state index contributed by atoms with van der Waals surface area (Å²) in [6.07, 6.45) is 7.05. The Hall–Kier alpha value is -1.22. The SMILES string of the molecule is CCOc1cccc(OCCC2(N)CCCCC2)c1. The minimum absolute atomic E-state index is 0.00419. The van der Waals surface area contributed by atoms with E-state index < -0.39 is 0 Å². The standard InChI is InChI=1S/C16H25NO2/c1-2-18-14-7-6-8-15(13-14)19-12-11-16(17)9-4-3-5-10-16/h6-8,13H,2-5,9-12,17H2,1H3. The monoisotopic (exact) mass is 263 g/mol. The van der Waals surface area contributed by atoms with Crippen LogP contribution in [0.15, 0.2) is 24.3 Å². The van der Waals surface area contributed by atoms with Crippen molar-refractivity contribution in [1.82, 2.24) is 0 Å². The first kappa shape index (κ1) is 14.2. The molecule has 0 amide bonds. The fraction of sp³-hybridized carbons (Fsp3) is 0.625. The summed E-state index contributed by atoms with van der Waals surface area (Å²) in [5, 5.41) is 0. The third-order valence-corrected chi connectivity index (χ3v) is 3.83. The van der Waals surface area contributed by atoms with Crippen molar-refractivity contribution in [3.8, 4) is 11.5 Å². The molecule has 0 saturated heterocycles. The maximum atomic E-state index is 6.40. The Kier molecular flexibility index (Phi) is 5.08. The number of nitrogens with two attached hydrogens (primary N) is 1. The molecule has 106 valence electrons. The van der Waals surface area contributed by atoms with Crippen molar-refractivity contribution in [3.05, 3.63) is 24.3 Å². The Morgan fingerprint density at radius 2 is 1.79 bits per heavy atom. The Bertz CT molecular complexity index is 386. The van der Waals surface area contributed by atoms with Gasteiger partial charge in [-0.15, -0.1) is 0 Å². The summed E-state index contributed by atoms with van der Waals surface area (Å²) in [6, 6.07) is 7.81. The molecule has 1 aliphatic rings. The van der Waals surface area contributed by atoms with Crippen LogP contribution in [0, 0.1) is 0 Å². The second kappa shape index (κ2) is 6.80. The van der Waals surface area contributed by atoms with Crippen LogP contribution in [0.3, 0.4) is 0 Å². The third kappa shape index (κ3) is 4.43. The van der Waals surface area contributed by atoms with E-state index in [1.807, 2.05) is 31.2 Å². The van der Waals surface area contributed by atoms with Crippen LogP contribution in [0.2, 0.25) is 0 Å². The van der Waals surface area contributed by atoms with Crippen molar-refractivity contribution in [1.29, 1.82) is 0 Å². The van der Waals surface area contributed by atoms with Crippen LogP contribution in [0.5, 0.6) is 11.5 Å². The Morgan fingerprint density at radius 1 is 1.11 bits per heavy atom. The molecule has 2 rings (SSSR count). The van der Waals surface area contributed by atoms with Gasteiger partial charge in [0, 0.05) is 11.6 Å². The molecule has 19 heavy (non-hydrogen) atoms. The molecule has 0 spiro atoms. The summed E-state index contributed by atoms with van der Waals surface area (Å²) in [4.78, 5) is 0. The molecule has 0 aliphatic heterocycles. The summed E-state index contributed by atoms with van der Waals surface area (Å²) in [6.45, 7) is 3.34. The van der Waals surface area contributed by atoms with Crippen molar-refractivity contribution < 1.29 is 9.47 Å². The van der Waals surface area contributed by atoms with Gasteiger partial charge in [0.2, 0.25) is 0 Å². The van der Waals surface area contributed by atoms with E-state index in [0.29, 0.717) is 13.2 Å². The molecule has 0 atom stereocenters. The quantitative estimate of drug-likeness (QED) is 0.854. The van der Waals surface area contributed by atoms with Gasteiger partial charge >= 0.3 is 0 Å². The predicted molar refractivity (Wildman–Crippen MR) is 77.7 cm³/mol. The molecule has 3 heteroatoms. The molecule has 1 aromatic rings. The van der Waals surface area contributed by atoms with Gasteiger partial charge in [0.1, 0.15) is 11.5 Å². The number of hydrogen-bond acceptors (Lipinski definition) is 3. The van der Waals surface area contributed by atoms with E-state index in [0.717, 1.165) is 30.8 Å². The Morgan fingerprint density at radius 3 is 2.47 bits per heavy atom. The van der Waals surface area contributed by atoms with Crippen molar-refractivity contribution >= 4 is 0 Å². The summed E-state index contributed by atoms with van der Waals surface area (Å²) in [5.41, 5.74) is 6.39. The molecule has 2 N–H and O–H groups in total. The fourth-order valence-corrected chi connectivity index (χ4v) is 2.70. The van der Waals surface area contributed by atoms with E-state index in [4.69, 9.17) is 15.2 Å². The van der Waals surface area contributed by atoms with E-state index in [2.05, 4.69) is 0 Å². The summed E-state index contributed by atoms with van der Waals surface area (Å²) in [7, 11) is 0. The zero-order valence-corrected chi connectivity index (χ0v) is 11.9. The molecular weight excluding hydrogens is 238 g/mol. The average Bonchev–Trinajstić information content (AvgIpc) is 2.40. The first-order chi connectivity index (χ1) is 9.22. The normalized spacial score (nSPS) is 18.0. The largest absolute Gasteiger partial charge is 0.494 e. The Labute approximate surface area is 116 Å². The maximum absolute atomic E-state index is 6.40. The summed E-state index contributed by atoms with van der Waals surface area (Å²) >= 11 is 0. The first-order valence-electron chi connectivity index (χ1n) is 7.36. The summed E-state index contributed by atoms with van der Waals surface area (Å²) in [5.74, 6) is 1.73. The molecule has 0 bridgehead atoms. The van der Waals surface area contributed by atoms with Gasteiger partial charge in [-0.05, 0) is 38.3 Å². The lowest BCUT2D eigenvalue weighted by Gasteiger charge is -2.33. The van der Waals surface area contributed by atoms with Crippen molar-refractivity contribution in [3.63, 3.8) is 0 Å². The van der Waals surface area contributed by atoms with Crippen molar-refractivity contribution in [2.24, 2.45) is 5.73 Å². The van der Waals surface area contributed by atoms with Crippen LogP contribution < -0.4 is 15.2 Å². The minimum Gasteiger partial charge on any atom is -0.494 e. The molecule has 1 saturated carbocycles. The van der Waals surface area contributed by atoms with Gasteiger partial charge < -0.3 is 15.2 Å². The van der Waals surface area contributed by atoms with Gasteiger partial charge in [-0.25, -0.2) is 0 Å². The predicted octanol–water partition coefficient (Wildman–Crippen LogP) is 3.52. The average molecular weight is 263 g/mol. The molecule has 1 aromatic carbocycles. The number of benzene rings is 1. The zero-order chi connectivity index (χ0) is 13.6. The number of ether oxygens (including phenoxy) is 2. The molecule has 0 aromatic heterocycles. The smallest absolute Gasteiger partial charge is 0.122 e. The van der Waals surface area contributed by atoms with Crippen molar-refractivity contribution in [2.75, 3.05) is 13.2 Å². The fourth-order valence-electron chi connectivity index (χ4n) is 2.70. The minimum atomic E-state index is -0.00419. The van der Waals surface area contributed by atoms with Crippen LogP contribution in [0.1, 0.15) is 45.4 Å². The van der Waals surface area contributed by atoms with Gasteiger partial charge in [0.05, 0.1) is 13.2 Å². The highest BCUT2D eigenvalue weighted by molar-refractivity contribution is 5.32. The number of rotatable bonds is 6. The van der Waals surface area contributed by atoms with Gasteiger partial charge in [-0.2, -0.15) is 0 Å². The van der Waals surface area contributed by atoms with E-state index in [-0.39, 0.29) is 5.54 Å². The van der Waals surface area contributed by atoms with Gasteiger partial charge in [-0.1, -0.05) is 25.3 Å². The third-order valence-electron chi connectivity index (χ3n) is 3.83. The summed E-state index contributed by atoms with van der Waals surface area (Å²) < 4.78 is 11.3. The Balaban J connectivity index is 1.80. The van der Waals surface area contributed by atoms with E-state index in [1.165, 1.54) is 19.3 Å². The first-order valence-corrected chi connectivity index (χ1v) is 7.36. The van der Waals surface area contributed by atoms with Gasteiger partial charge in [-0.3, -0.25) is 0 Å². The molecular formula is C16H25NO2. The second-order valence-corrected chi connectivity index (χ2v) is 5.43. The molecule has 1 fully saturated rings. The van der Waals surface area contributed by atoms with Crippen LogP contribution in [0.25, 0.3) is 0 Å². The lowest BCUT2D eigenvalue weighted by Crippen LogP contribution is -2.42. The van der Waals surface area contributed by atoms with Crippen molar-refractivity contribution in [2.45, 2.75) is 51.0 Å². The van der Waals surface area contributed by atoms with Gasteiger partial charge in [0.25, 0.3) is 0 Å². The van der Waals surface area contributed by atoms with E-state index in [1.54, 1.807) is 0 Å². The van der Waals surface area contributed by atoms with Crippen LogP contribution in [-0.2, 0) is 0 Å². The molecule has 3 nitrogen and oxygen atoms in total. The highest BCUT2D eigenvalue weighted by Crippen LogP contribution is 2.29. The molecule has 0 heterocycles. The zero-order valence-electron chi connectivity index (χ0n) is 11.9. The second-order valence-electron chi connectivity index (χ2n) is 5.43. The molecule has 0 unspecified atom stereocenters. The highest BCUT2D eigenvalue weighted by atomic mass is 16.5. The topological polar surface area (TPSA) is 44.5 Å². The van der Waals surface area contributed by atoms with Crippen LogP contribution >= 0.6 is 0 Å². The van der Waals surface area contributed by atoms with E-state index >= 15 is 0 Å². The van der Waals surface area contributed by atoms with Crippen LogP contribution in [-0.4, -0.2) is 18.8 Å². The van der Waals surface area contributed by atoms with E-state index in [9.17, 15) is 0 Å². The lowest BCUT2D eigenvalue weighted by atomic mass is 9.80. The molecule has 0 radical (unpaired) electrons. The maximum Gasteiger partial charge on any atom is 0.122 e. The molecule has 1 aliphatic carbocycles.